The predicted octanol–water partition coefficient (Wildman–Crippen LogP) is 5.13. The van der Waals surface area contributed by atoms with Gasteiger partial charge in [0, 0.05) is 11.3 Å². The third-order valence-electron chi connectivity index (χ3n) is 4.20. The molecular weight excluding hydrogens is 467 g/mol. The van der Waals surface area contributed by atoms with Crippen LogP contribution in [0.2, 0.25) is 0 Å². The summed E-state index contributed by atoms with van der Waals surface area (Å²) in [5, 5.41) is 10.9. The Labute approximate surface area is 189 Å². The summed E-state index contributed by atoms with van der Waals surface area (Å²) >= 11 is 2.46. The van der Waals surface area contributed by atoms with E-state index in [0.717, 1.165) is 23.5 Å². The second-order valence-electron chi connectivity index (χ2n) is 6.22. The number of hydrogen-bond acceptors (Lipinski definition) is 8. The smallest absolute Gasteiger partial charge is 0.416 e. The van der Waals surface area contributed by atoms with Crippen LogP contribution in [0.1, 0.15) is 21.5 Å². The number of thioether (sulfide) groups is 1. The Bertz CT molecular complexity index is 1060. The van der Waals surface area contributed by atoms with Gasteiger partial charge in [0.2, 0.25) is 10.9 Å². The van der Waals surface area contributed by atoms with Crippen LogP contribution in [0, 0.1) is 0 Å². The molecule has 0 bridgehead atoms. The number of nitrogens with zero attached hydrogens (tertiary/aromatic N) is 2. The Kier molecular flexibility index (Phi) is 7.46. The second kappa shape index (κ2) is 10.1. The van der Waals surface area contributed by atoms with Gasteiger partial charge >= 0.3 is 6.18 Å². The lowest BCUT2D eigenvalue weighted by Crippen LogP contribution is -2.12. The van der Waals surface area contributed by atoms with Crippen LogP contribution in [0.4, 0.5) is 18.3 Å². The van der Waals surface area contributed by atoms with Crippen LogP contribution in [-0.4, -0.2) is 37.4 Å². The van der Waals surface area contributed by atoms with Crippen molar-refractivity contribution in [1.29, 1.82) is 0 Å². The number of carbonyl (C=O) groups is 1. The highest BCUT2D eigenvalue weighted by molar-refractivity contribution is 8.00. The molecule has 0 unspecified atom stereocenters. The van der Waals surface area contributed by atoms with Crippen molar-refractivity contribution in [1.82, 2.24) is 10.2 Å². The molecule has 12 heteroatoms. The van der Waals surface area contributed by atoms with Crippen molar-refractivity contribution in [3.05, 3.63) is 53.1 Å². The van der Waals surface area contributed by atoms with Gasteiger partial charge in [-0.05, 0) is 29.8 Å². The van der Waals surface area contributed by atoms with Gasteiger partial charge in [-0.25, -0.2) is 0 Å². The maximum absolute atomic E-state index is 12.6. The SMILES string of the molecule is COc1cc(C(=O)Nc2nnc(SCc3ccc(C(F)(F)F)cc3)s2)cc(OC)c1OC. The van der Waals surface area contributed by atoms with Crippen molar-refractivity contribution in [2.75, 3.05) is 26.6 Å². The van der Waals surface area contributed by atoms with Gasteiger partial charge in [-0.1, -0.05) is 35.2 Å². The summed E-state index contributed by atoms with van der Waals surface area (Å²) in [5.74, 6) is 1.00. The van der Waals surface area contributed by atoms with Gasteiger partial charge in [0.15, 0.2) is 15.8 Å². The number of rotatable bonds is 8. The number of halogens is 3. The van der Waals surface area contributed by atoms with Crippen molar-refractivity contribution >= 4 is 34.1 Å². The average molecular weight is 486 g/mol. The molecule has 0 aliphatic carbocycles. The first-order valence-electron chi connectivity index (χ1n) is 8.99. The quantitative estimate of drug-likeness (QED) is 0.350. The molecule has 170 valence electrons. The zero-order valence-corrected chi connectivity index (χ0v) is 18.8. The van der Waals surface area contributed by atoms with Gasteiger partial charge in [0.25, 0.3) is 5.91 Å². The highest BCUT2D eigenvalue weighted by Gasteiger charge is 2.29. The summed E-state index contributed by atoms with van der Waals surface area (Å²) in [5.41, 5.74) is 0.286. The Morgan fingerprint density at radius 2 is 1.66 bits per heavy atom. The molecule has 0 atom stereocenters. The van der Waals surface area contributed by atoms with E-state index in [1.165, 1.54) is 57.4 Å². The molecule has 1 heterocycles. The molecule has 1 N–H and O–H groups in total. The lowest BCUT2D eigenvalue weighted by atomic mass is 10.1. The molecule has 0 aliphatic heterocycles. The van der Waals surface area contributed by atoms with E-state index in [9.17, 15) is 18.0 Å². The fourth-order valence-corrected chi connectivity index (χ4v) is 4.34. The Morgan fingerprint density at radius 3 is 2.19 bits per heavy atom. The number of aromatic nitrogens is 2. The van der Waals surface area contributed by atoms with Gasteiger partial charge in [0.1, 0.15) is 0 Å². The maximum Gasteiger partial charge on any atom is 0.416 e. The molecule has 0 radical (unpaired) electrons. The Hall–Kier alpha value is -2.99. The monoisotopic (exact) mass is 485 g/mol. The normalized spacial score (nSPS) is 11.2. The molecule has 0 spiro atoms. The van der Waals surface area contributed by atoms with Gasteiger partial charge in [-0.15, -0.1) is 10.2 Å². The number of anilines is 1. The van der Waals surface area contributed by atoms with E-state index >= 15 is 0 Å². The van der Waals surface area contributed by atoms with E-state index in [1.54, 1.807) is 0 Å². The average Bonchev–Trinajstić information content (AvgIpc) is 3.23. The summed E-state index contributed by atoms with van der Waals surface area (Å²) in [7, 11) is 4.36. The fourth-order valence-electron chi connectivity index (χ4n) is 2.64. The van der Waals surface area contributed by atoms with Gasteiger partial charge in [-0.2, -0.15) is 13.2 Å². The summed E-state index contributed by atoms with van der Waals surface area (Å²) in [6.45, 7) is 0. The largest absolute Gasteiger partial charge is 0.493 e. The summed E-state index contributed by atoms with van der Waals surface area (Å²) in [4.78, 5) is 12.6. The van der Waals surface area contributed by atoms with E-state index in [2.05, 4.69) is 15.5 Å². The van der Waals surface area contributed by atoms with Crippen LogP contribution in [0.25, 0.3) is 0 Å². The van der Waals surface area contributed by atoms with Crippen molar-refractivity contribution in [3.63, 3.8) is 0 Å². The van der Waals surface area contributed by atoms with E-state index in [1.807, 2.05) is 0 Å². The first kappa shape index (κ1) is 23.7. The molecule has 3 aromatic rings. The third kappa shape index (κ3) is 5.62. The van der Waals surface area contributed by atoms with Gasteiger partial charge in [0.05, 0.1) is 26.9 Å². The van der Waals surface area contributed by atoms with Crippen molar-refractivity contribution in [2.24, 2.45) is 0 Å². The topological polar surface area (TPSA) is 82.6 Å². The number of carbonyl (C=O) groups excluding carboxylic acids is 1. The Morgan fingerprint density at radius 1 is 1.03 bits per heavy atom. The van der Waals surface area contributed by atoms with Crippen LogP contribution in [0.5, 0.6) is 17.2 Å². The second-order valence-corrected chi connectivity index (χ2v) is 8.42. The van der Waals surface area contributed by atoms with Gasteiger partial charge < -0.3 is 14.2 Å². The molecule has 1 aromatic heterocycles. The van der Waals surface area contributed by atoms with Crippen LogP contribution < -0.4 is 19.5 Å². The van der Waals surface area contributed by atoms with Gasteiger partial charge in [-0.3, -0.25) is 10.1 Å². The number of ether oxygens (including phenoxy) is 3. The standard InChI is InChI=1S/C20H18F3N3O4S2/c1-28-14-8-12(9-15(29-2)16(14)30-3)17(27)24-18-25-26-19(32-18)31-10-11-4-6-13(7-5-11)20(21,22)23/h4-9H,10H2,1-3H3,(H,24,25,27). The van der Waals surface area contributed by atoms with E-state index in [0.29, 0.717) is 32.9 Å². The minimum Gasteiger partial charge on any atom is -0.493 e. The minimum absolute atomic E-state index is 0.272. The first-order valence-corrected chi connectivity index (χ1v) is 10.8. The van der Waals surface area contributed by atoms with Crippen molar-refractivity contribution in [3.8, 4) is 17.2 Å². The molecule has 32 heavy (non-hydrogen) atoms. The van der Waals surface area contributed by atoms with Crippen molar-refractivity contribution in [2.45, 2.75) is 16.3 Å². The molecule has 2 aromatic carbocycles. The highest BCUT2D eigenvalue weighted by atomic mass is 32.2. The van der Waals surface area contributed by atoms with Crippen LogP contribution >= 0.6 is 23.1 Å². The number of methoxy groups -OCH3 is 3. The molecular formula is C20H18F3N3O4S2. The number of amides is 1. The number of benzene rings is 2. The number of hydrogen-bond donors (Lipinski definition) is 1. The molecule has 3 rings (SSSR count). The lowest BCUT2D eigenvalue weighted by molar-refractivity contribution is -0.137. The van der Waals surface area contributed by atoms with Crippen LogP contribution in [-0.2, 0) is 11.9 Å². The maximum atomic E-state index is 12.6. The van der Waals surface area contributed by atoms with Crippen LogP contribution in [0.3, 0.4) is 0 Å². The van der Waals surface area contributed by atoms with Crippen molar-refractivity contribution < 1.29 is 32.2 Å². The van der Waals surface area contributed by atoms with E-state index in [4.69, 9.17) is 14.2 Å². The Balaban J connectivity index is 1.64. The molecule has 0 aliphatic rings. The predicted molar refractivity (Wildman–Crippen MR) is 115 cm³/mol. The third-order valence-corrected chi connectivity index (χ3v) is 6.24. The fraction of sp³-hybridized carbons (Fsp3) is 0.250. The zero-order valence-electron chi connectivity index (χ0n) is 17.1. The number of alkyl halides is 3. The molecule has 0 saturated carbocycles. The highest BCUT2D eigenvalue weighted by Crippen LogP contribution is 2.38. The summed E-state index contributed by atoms with van der Waals surface area (Å²) < 4.78 is 54.2. The number of nitrogens with one attached hydrogen (secondary N) is 1. The molecule has 1 amide bonds. The lowest BCUT2D eigenvalue weighted by Gasteiger charge is -2.13. The summed E-state index contributed by atoms with van der Waals surface area (Å²) in [6, 6.07) is 7.95. The summed E-state index contributed by atoms with van der Waals surface area (Å²) in [6.07, 6.45) is -4.37. The van der Waals surface area contributed by atoms with E-state index < -0.39 is 17.6 Å². The first-order chi connectivity index (χ1) is 15.2. The molecule has 7 nitrogen and oxygen atoms in total. The molecule has 0 saturated heterocycles. The van der Waals surface area contributed by atoms with Crippen LogP contribution in [0.15, 0.2) is 40.7 Å². The minimum atomic E-state index is -4.37. The van der Waals surface area contributed by atoms with E-state index in [-0.39, 0.29) is 10.7 Å². The molecule has 0 fully saturated rings. The zero-order chi connectivity index (χ0) is 23.3.